The number of para-hydroxylation sites is 1. The lowest BCUT2D eigenvalue weighted by molar-refractivity contribution is -0.140. The molecule has 0 saturated carbocycles. The summed E-state index contributed by atoms with van der Waals surface area (Å²) >= 11 is 6.10. The van der Waals surface area contributed by atoms with Crippen molar-refractivity contribution in [2.24, 2.45) is 0 Å². The van der Waals surface area contributed by atoms with Gasteiger partial charge in [0.15, 0.2) is 0 Å². The lowest BCUT2D eigenvalue weighted by Gasteiger charge is -2.34. The van der Waals surface area contributed by atoms with Crippen LogP contribution in [0, 0.1) is 0 Å². The zero-order valence-corrected chi connectivity index (χ0v) is 24.7. The van der Waals surface area contributed by atoms with Gasteiger partial charge in [0.1, 0.15) is 12.6 Å². The number of halogens is 1. The molecule has 0 bridgehead atoms. The first-order valence-corrected chi connectivity index (χ1v) is 15.0. The van der Waals surface area contributed by atoms with Crippen LogP contribution in [0.15, 0.2) is 84.9 Å². The molecule has 10 heteroatoms. The summed E-state index contributed by atoms with van der Waals surface area (Å²) < 4.78 is 28.8. The molecule has 2 amide bonds. The number of anilines is 1. The second-order valence-corrected chi connectivity index (χ2v) is 12.1. The second kappa shape index (κ2) is 14.8. The number of amides is 2. The van der Waals surface area contributed by atoms with Gasteiger partial charge >= 0.3 is 10.2 Å². The maximum absolute atomic E-state index is 14.1. The Balaban J connectivity index is 2.05. The molecule has 0 aromatic heterocycles. The van der Waals surface area contributed by atoms with Crippen molar-refractivity contribution in [3.8, 4) is 0 Å². The minimum Gasteiger partial charge on any atom is -0.354 e. The summed E-state index contributed by atoms with van der Waals surface area (Å²) in [6.07, 6.45) is 1.98. The normalized spacial score (nSPS) is 12.1. The van der Waals surface area contributed by atoms with E-state index in [1.807, 2.05) is 37.3 Å². The van der Waals surface area contributed by atoms with Gasteiger partial charge in [0.25, 0.3) is 0 Å². The molecule has 1 atom stereocenters. The topological polar surface area (TPSA) is 90.0 Å². The lowest BCUT2D eigenvalue weighted by atomic mass is 10.0. The molecule has 0 aliphatic rings. The average Bonchev–Trinajstić information content (AvgIpc) is 2.95. The Morgan fingerprint density at radius 1 is 0.875 bits per heavy atom. The molecule has 0 heterocycles. The average molecular weight is 585 g/mol. The van der Waals surface area contributed by atoms with Gasteiger partial charge in [-0.3, -0.25) is 9.59 Å². The van der Waals surface area contributed by atoms with Crippen LogP contribution in [0.2, 0.25) is 5.02 Å². The van der Waals surface area contributed by atoms with Gasteiger partial charge < -0.3 is 10.2 Å². The number of unbranched alkanes of at least 4 members (excludes halogenated alkanes) is 1. The van der Waals surface area contributed by atoms with Crippen molar-refractivity contribution in [3.63, 3.8) is 0 Å². The summed E-state index contributed by atoms with van der Waals surface area (Å²) in [5.74, 6) is -0.794. The Hall–Kier alpha value is -3.40. The van der Waals surface area contributed by atoms with Crippen LogP contribution in [0.5, 0.6) is 0 Å². The van der Waals surface area contributed by atoms with E-state index in [4.69, 9.17) is 11.6 Å². The molecule has 0 fully saturated rings. The summed E-state index contributed by atoms with van der Waals surface area (Å²) in [6.45, 7) is 2.13. The van der Waals surface area contributed by atoms with Crippen molar-refractivity contribution in [1.82, 2.24) is 14.5 Å². The minimum absolute atomic E-state index is 0.0966. The summed E-state index contributed by atoms with van der Waals surface area (Å²) in [6, 6.07) is 24.1. The molecule has 3 aromatic rings. The fourth-order valence-corrected chi connectivity index (χ4v) is 5.34. The predicted octanol–water partition coefficient (Wildman–Crippen LogP) is 4.51. The highest BCUT2D eigenvalue weighted by Gasteiger charge is 2.34. The molecule has 3 rings (SSSR count). The Morgan fingerprint density at radius 2 is 1.48 bits per heavy atom. The van der Waals surface area contributed by atoms with E-state index in [1.54, 1.807) is 54.6 Å². The van der Waals surface area contributed by atoms with Crippen molar-refractivity contribution < 1.29 is 18.0 Å². The SMILES string of the molecule is CCCCNC(=O)[C@@H](Cc1ccccc1)N(Cc1ccc(Cl)cc1)C(=O)CN(c1ccccc1)S(=O)(=O)N(C)C. The third-order valence-electron chi connectivity index (χ3n) is 6.43. The van der Waals surface area contributed by atoms with Gasteiger partial charge in [-0.2, -0.15) is 12.7 Å². The predicted molar refractivity (Wildman–Crippen MR) is 160 cm³/mol. The molecule has 0 spiro atoms. The first-order valence-electron chi connectivity index (χ1n) is 13.2. The van der Waals surface area contributed by atoms with Crippen molar-refractivity contribution in [2.45, 2.75) is 38.8 Å². The summed E-state index contributed by atoms with van der Waals surface area (Å²) in [5, 5.41) is 3.52. The number of nitrogens with zero attached hydrogens (tertiary/aromatic N) is 3. The molecule has 0 radical (unpaired) electrons. The van der Waals surface area contributed by atoms with E-state index in [-0.39, 0.29) is 18.9 Å². The molecule has 1 N–H and O–H groups in total. The van der Waals surface area contributed by atoms with Crippen molar-refractivity contribution in [3.05, 3.63) is 101 Å². The van der Waals surface area contributed by atoms with E-state index in [0.29, 0.717) is 17.3 Å². The van der Waals surface area contributed by atoms with Gasteiger partial charge in [0, 0.05) is 38.6 Å². The van der Waals surface area contributed by atoms with Crippen LogP contribution in [-0.2, 0) is 32.8 Å². The Bertz CT molecular complexity index is 1340. The maximum Gasteiger partial charge on any atom is 0.304 e. The lowest BCUT2D eigenvalue weighted by Crippen LogP contribution is -2.54. The Kier molecular flexibility index (Phi) is 11.5. The summed E-state index contributed by atoms with van der Waals surface area (Å²) in [4.78, 5) is 29.2. The molecule has 40 heavy (non-hydrogen) atoms. The molecule has 8 nitrogen and oxygen atoms in total. The standard InChI is InChI=1S/C30H37ClN4O4S/c1-4-5-20-32-30(37)28(21-24-12-8-6-9-13-24)34(22-25-16-18-26(31)19-17-25)29(36)23-35(40(38,39)33(2)3)27-14-10-7-11-15-27/h6-19,28H,4-5,20-23H2,1-3H3,(H,32,37)/t28-/m1/s1. The quantitative estimate of drug-likeness (QED) is 0.282. The number of carbonyl (C=O) groups is 2. The molecule has 3 aromatic carbocycles. The van der Waals surface area contributed by atoms with E-state index in [2.05, 4.69) is 5.32 Å². The number of hydrogen-bond donors (Lipinski definition) is 1. The number of hydrogen-bond acceptors (Lipinski definition) is 4. The number of nitrogens with one attached hydrogen (secondary N) is 1. The van der Waals surface area contributed by atoms with Crippen LogP contribution in [0.3, 0.4) is 0 Å². The smallest absolute Gasteiger partial charge is 0.304 e. The van der Waals surface area contributed by atoms with Gasteiger partial charge in [0.2, 0.25) is 11.8 Å². The largest absolute Gasteiger partial charge is 0.354 e. The van der Waals surface area contributed by atoms with E-state index < -0.39 is 28.7 Å². The van der Waals surface area contributed by atoms with Crippen LogP contribution in [0.4, 0.5) is 5.69 Å². The monoisotopic (exact) mass is 584 g/mol. The van der Waals surface area contributed by atoms with Crippen LogP contribution in [0.1, 0.15) is 30.9 Å². The first kappa shape index (κ1) is 31.1. The Morgan fingerprint density at radius 3 is 2.05 bits per heavy atom. The van der Waals surface area contributed by atoms with Crippen LogP contribution < -0.4 is 9.62 Å². The van der Waals surface area contributed by atoms with Gasteiger partial charge in [-0.25, -0.2) is 4.31 Å². The second-order valence-electron chi connectivity index (χ2n) is 9.63. The number of rotatable bonds is 14. The van der Waals surface area contributed by atoms with Gasteiger partial charge in [0.05, 0.1) is 5.69 Å². The molecule has 0 unspecified atom stereocenters. The van der Waals surface area contributed by atoms with Crippen LogP contribution in [-0.4, -0.2) is 62.7 Å². The van der Waals surface area contributed by atoms with Crippen molar-refractivity contribution in [2.75, 3.05) is 31.5 Å². The molecule has 214 valence electrons. The summed E-state index contributed by atoms with van der Waals surface area (Å²) in [7, 11) is -1.19. The summed E-state index contributed by atoms with van der Waals surface area (Å²) in [5.41, 5.74) is 2.00. The van der Waals surface area contributed by atoms with E-state index in [9.17, 15) is 18.0 Å². The van der Waals surface area contributed by atoms with E-state index in [0.717, 1.165) is 32.6 Å². The minimum atomic E-state index is -4.02. The van der Waals surface area contributed by atoms with E-state index in [1.165, 1.54) is 19.0 Å². The van der Waals surface area contributed by atoms with Crippen LogP contribution in [0.25, 0.3) is 0 Å². The molecule has 0 aliphatic carbocycles. The van der Waals surface area contributed by atoms with Crippen LogP contribution >= 0.6 is 11.6 Å². The highest BCUT2D eigenvalue weighted by Crippen LogP contribution is 2.22. The Labute approximate surface area is 242 Å². The van der Waals surface area contributed by atoms with Gasteiger partial charge in [-0.05, 0) is 41.8 Å². The fraction of sp³-hybridized carbons (Fsp3) is 0.333. The highest BCUT2D eigenvalue weighted by atomic mass is 35.5. The third kappa shape index (κ3) is 8.55. The highest BCUT2D eigenvalue weighted by molar-refractivity contribution is 7.90. The maximum atomic E-state index is 14.1. The third-order valence-corrected chi connectivity index (χ3v) is 8.50. The molecule has 0 aliphatic heterocycles. The molecule has 0 saturated heterocycles. The zero-order valence-electron chi connectivity index (χ0n) is 23.2. The van der Waals surface area contributed by atoms with E-state index >= 15 is 0 Å². The van der Waals surface area contributed by atoms with Crippen molar-refractivity contribution in [1.29, 1.82) is 0 Å². The van der Waals surface area contributed by atoms with Gasteiger partial charge in [-0.15, -0.1) is 0 Å². The zero-order chi connectivity index (χ0) is 29.1. The molecular weight excluding hydrogens is 548 g/mol. The van der Waals surface area contributed by atoms with Crippen molar-refractivity contribution >= 4 is 39.3 Å². The molecular formula is C30H37ClN4O4S. The number of benzene rings is 3. The first-order chi connectivity index (χ1) is 19.1. The van der Waals surface area contributed by atoms with Gasteiger partial charge in [-0.1, -0.05) is 85.6 Å². The fourth-order valence-electron chi connectivity index (χ4n) is 4.16. The number of carbonyl (C=O) groups excluding carboxylic acids is 2.